The lowest BCUT2D eigenvalue weighted by Gasteiger charge is -2.27. The zero-order chi connectivity index (χ0) is 26.2. The molecule has 5 rings (SSSR count). The Morgan fingerprint density at radius 1 is 0.610 bits per heavy atom. The maximum atomic E-state index is 6.20. The van der Waals surface area contributed by atoms with E-state index in [0.717, 1.165) is 46.5 Å². The fourth-order valence-corrected chi connectivity index (χ4v) is 5.78. The summed E-state index contributed by atoms with van der Waals surface area (Å²) in [6, 6.07) is 14.8. The number of halogens is 3. The molecule has 2 unspecified atom stereocenters. The lowest BCUT2D eigenvalue weighted by Crippen LogP contribution is -2.31. The Morgan fingerprint density at radius 3 is 1.44 bits per heavy atom. The van der Waals surface area contributed by atoms with Crippen molar-refractivity contribution in [2.45, 2.75) is 65.2 Å². The van der Waals surface area contributed by atoms with Gasteiger partial charge in [-0.25, -0.2) is 4.98 Å². The first-order valence-corrected chi connectivity index (χ1v) is 15.2. The molecule has 1 aromatic heterocycles. The first kappa shape index (κ1) is 35.7. The summed E-state index contributed by atoms with van der Waals surface area (Å²) >= 11 is 0. The Morgan fingerprint density at radius 2 is 1.02 bits per heavy atom. The molecule has 5 nitrogen and oxygen atoms in total. The van der Waals surface area contributed by atoms with Crippen molar-refractivity contribution in [1.82, 2.24) is 14.8 Å². The molecule has 2 fully saturated rings. The minimum Gasteiger partial charge on any atom is -0.493 e. The highest BCUT2D eigenvalue weighted by Crippen LogP contribution is 2.27. The van der Waals surface area contributed by atoms with Crippen molar-refractivity contribution in [2.75, 3.05) is 52.5 Å². The molecule has 0 aliphatic carbocycles. The van der Waals surface area contributed by atoms with Gasteiger partial charge in [-0.2, -0.15) is 0 Å². The van der Waals surface area contributed by atoms with E-state index in [9.17, 15) is 0 Å². The zero-order valence-electron chi connectivity index (χ0n) is 24.9. The third kappa shape index (κ3) is 10.9. The van der Waals surface area contributed by atoms with E-state index in [4.69, 9.17) is 14.5 Å². The van der Waals surface area contributed by atoms with Crippen LogP contribution < -0.4 is 9.47 Å². The van der Waals surface area contributed by atoms with E-state index in [1.807, 2.05) is 0 Å². The molecule has 3 aromatic rings. The Hall–Kier alpha value is -1.50. The lowest BCUT2D eigenvalue weighted by molar-refractivity contribution is 0.192. The molecule has 0 radical (unpaired) electrons. The molecule has 0 amide bonds. The van der Waals surface area contributed by atoms with Crippen molar-refractivity contribution in [1.29, 1.82) is 0 Å². The van der Waals surface area contributed by atoms with E-state index in [-0.39, 0.29) is 37.2 Å². The lowest BCUT2D eigenvalue weighted by atomic mass is 10.1. The Bertz CT molecular complexity index is 1080. The third-order valence-electron chi connectivity index (χ3n) is 8.40. The Labute approximate surface area is 266 Å². The average molecular weight is 627 g/mol. The highest BCUT2D eigenvalue weighted by atomic mass is 35.5. The number of piperidine rings is 2. The van der Waals surface area contributed by atoms with Gasteiger partial charge in [0, 0.05) is 22.9 Å². The topological polar surface area (TPSA) is 37.8 Å². The van der Waals surface area contributed by atoms with Crippen molar-refractivity contribution in [3.63, 3.8) is 0 Å². The minimum atomic E-state index is 0. The minimum absolute atomic E-state index is 0. The molecule has 0 spiro atoms. The van der Waals surface area contributed by atoms with Gasteiger partial charge in [-0.1, -0.05) is 26.7 Å². The first-order valence-electron chi connectivity index (χ1n) is 15.2. The van der Waals surface area contributed by atoms with Crippen molar-refractivity contribution in [2.24, 2.45) is 11.8 Å². The maximum absolute atomic E-state index is 6.20. The molecule has 2 aromatic carbocycles. The summed E-state index contributed by atoms with van der Waals surface area (Å²) in [7, 11) is 0. The van der Waals surface area contributed by atoms with E-state index in [2.05, 4.69) is 66.1 Å². The van der Waals surface area contributed by atoms with E-state index in [0.29, 0.717) is 11.8 Å². The van der Waals surface area contributed by atoms with E-state index in [1.165, 1.54) is 90.6 Å². The fourth-order valence-electron chi connectivity index (χ4n) is 5.78. The van der Waals surface area contributed by atoms with Crippen LogP contribution in [0.15, 0.2) is 42.5 Å². The Kier molecular flexibility index (Phi) is 15.9. The van der Waals surface area contributed by atoms with Gasteiger partial charge in [0.05, 0.1) is 24.2 Å². The largest absolute Gasteiger partial charge is 0.493 e. The number of hydrogen-bond acceptors (Lipinski definition) is 5. The van der Waals surface area contributed by atoms with Gasteiger partial charge in [0.25, 0.3) is 0 Å². The van der Waals surface area contributed by atoms with Crippen LogP contribution in [0, 0.1) is 11.8 Å². The van der Waals surface area contributed by atoms with Crippen molar-refractivity contribution < 1.29 is 9.47 Å². The summed E-state index contributed by atoms with van der Waals surface area (Å²) in [5, 5.41) is 2.28. The number of ether oxygens (including phenoxy) is 2. The van der Waals surface area contributed by atoms with Gasteiger partial charge in [-0.3, -0.25) is 0 Å². The van der Waals surface area contributed by atoms with Crippen LogP contribution in [0.4, 0.5) is 0 Å². The average Bonchev–Trinajstić information content (AvgIpc) is 2.96. The molecule has 2 aliphatic heterocycles. The fraction of sp³-hybridized carbons (Fsp3) is 0.606. The van der Waals surface area contributed by atoms with Crippen molar-refractivity contribution in [3.05, 3.63) is 42.5 Å². The highest BCUT2D eigenvalue weighted by molar-refractivity contribution is 5.93. The second kappa shape index (κ2) is 18.2. The molecular formula is C33H50Cl3N3O2. The number of rotatable bonds is 12. The van der Waals surface area contributed by atoms with Gasteiger partial charge < -0.3 is 19.3 Å². The molecule has 2 atom stereocenters. The van der Waals surface area contributed by atoms with Crippen molar-refractivity contribution in [3.8, 4) is 11.5 Å². The number of hydrogen-bond donors (Lipinski definition) is 0. The predicted molar refractivity (Wildman–Crippen MR) is 180 cm³/mol. The van der Waals surface area contributed by atoms with Gasteiger partial charge >= 0.3 is 0 Å². The van der Waals surface area contributed by atoms with Gasteiger partial charge in [0.1, 0.15) is 11.5 Å². The standard InChI is InChI=1S/C33H47N3O2.3ClH/c1-26(13-19-35-15-5-3-6-16-35)24-37-30-11-9-28-21-29-10-12-31(23-33(29)34-32(28)22-30)38-25-27(2)14-20-36-17-7-4-8-18-36;;;/h9-12,21-23,26-27H,3-8,13-20,24-25H2,1-2H3;3*1H. The first-order chi connectivity index (χ1) is 18.6. The van der Waals surface area contributed by atoms with Gasteiger partial charge in [-0.15, -0.1) is 37.2 Å². The predicted octanol–water partition coefficient (Wildman–Crippen LogP) is 8.44. The molecule has 8 heteroatoms. The molecule has 0 bridgehead atoms. The van der Waals surface area contributed by atoms with Crippen LogP contribution >= 0.6 is 37.2 Å². The number of likely N-dealkylation sites (tertiary alicyclic amines) is 2. The number of aromatic nitrogens is 1. The summed E-state index contributed by atoms with van der Waals surface area (Å²) < 4.78 is 12.4. The molecule has 2 aliphatic rings. The summed E-state index contributed by atoms with van der Waals surface area (Å²) in [5.41, 5.74) is 1.95. The highest BCUT2D eigenvalue weighted by Gasteiger charge is 2.14. The van der Waals surface area contributed by atoms with Crippen LogP contribution in [0.1, 0.15) is 65.2 Å². The summed E-state index contributed by atoms with van der Waals surface area (Å²) in [4.78, 5) is 10.2. The molecular weight excluding hydrogens is 577 g/mol. The van der Waals surface area contributed by atoms with Crippen LogP contribution in [0.25, 0.3) is 21.8 Å². The van der Waals surface area contributed by atoms with E-state index in [1.54, 1.807) is 0 Å². The van der Waals surface area contributed by atoms with Crippen LogP contribution in [0.3, 0.4) is 0 Å². The van der Waals surface area contributed by atoms with Crippen LogP contribution in [-0.2, 0) is 0 Å². The summed E-state index contributed by atoms with van der Waals surface area (Å²) in [6.45, 7) is 13.5. The quantitative estimate of drug-likeness (QED) is 0.189. The third-order valence-corrected chi connectivity index (χ3v) is 8.40. The second-order valence-corrected chi connectivity index (χ2v) is 11.9. The van der Waals surface area contributed by atoms with E-state index >= 15 is 0 Å². The molecule has 41 heavy (non-hydrogen) atoms. The van der Waals surface area contributed by atoms with Gasteiger partial charge in [-0.05, 0) is 120 Å². The number of fused-ring (bicyclic) bond motifs is 2. The van der Waals surface area contributed by atoms with Gasteiger partial charge in [0.15, 0.2) is 0 Å². The number of benzene rings is 2. The van der Waals surface area contributed by atoms with Crippen LogP contribution in [-0.4, -0.2) is 67.3 Å². The Balaban J connectivity index is 0.00000196. The molecule has 3 heterocycles. The van der Waals surface area contributed by atoms with Crippen LogP contribution in [0.5, 0.6) is 11.5 Å². The normalized spacial score (nSPS) is 17.6. The monoisotopic (exact) mass is 625 g/mol. The molecule has 230 valence electrons. The van der Waals surface area contributed by atoms with Crippen molar-refractivity contribution >= 4 is 59.0 Å². The molecule has 0 saturated carbocycles. The van der Waals surface area contributed by atoms with Gasteiger partial charge in [0.2, 0.25) is 0 Å². The number of pyridine rings is 1. The number of nitrogens with zero attached hydrogens (tertiary/aromatic N) is 3. The zero-order valence-corrected chi connectivity index (χ0v) is 27.3. The SMILES string of the molecule is CC(CCN1CCCCC1)COc1ccc2cc3ccc(OCC(C)CCN4CCCCC4)cc3nc2c1.Cl.Cl.Cl. The van der Waals surface area contributed by atoms with Crippen LogP contribution in [0.2, 0.25) is 0 Å². The summed E-state index contributed by atoms with van der Waals surface area (Å²) in [6.07, 6.45) is 10.6. The molecule has 0 N–H and O–H groups in total. The second-order valence-electron chi connectivity index (χ2n) is 11.9. The maximum Gasteiger partial charge on any atom is 0.121 e. The molecule has 2 saturated heterocycles. The van der Waals surface area contributed by atoms with E-state index < -0.39 is 0 Å². The smallest absolute Gasteiger partial charge is 0.121 e. The summed E-state index contributed by atoms with van der Waals surface area (Å²) in [5.74, 6) is 2.89.